The van der Waals surface area contributed by atoms with Gasteiger partial charge < -0.3 is 4.42 Å². The predicted octanol–water partition coefficient (Wildman–Crippen LogP) is 5.48. The summed E-state index contributed by atoms with van der Waals surface area (Å²) < 4.78 is 5.58. The highest BCUT2D eigenvalue weighted by molar-refractivity contribution is 6.04. The molecule has 0 spiro atoms. The largest absolute Gasteiger partial charge is 0.467 e. The van der Waals surface area contributed by atoms with Crippen molar-refractivity contribution < 1.29 is 9.21 Å². The number of benzene rings is 2. The normalized spacial score (nSPS) is 12.2. The molecule has 1 atom stereocenters. The van der Waals surface area contributed by atoms with Crippen LogP contribution in [0.25, 0.3) is 6.08 Å². The van der Waals surface area contributed by atoms with Gasteiger partial charge in [-0.1, -0.05) is 55.5 Å². The van der Waals surface area contributed by atoms with E-state index in [1.165, 1.54) is 0 Å². The predicted molar refractivity (Wildman–Crippen MR) is 101 cm³/mol. The van der Waals surface area contributed by atoms with E-state index < -0.39 is 0 Å². The Morgan fingerprint density at radius 1 is 1.00 bits per heavy atom. The number of hydrogen-bond acceptors (Lipinski definition) is 2. The van der Waals surface area contributed by atoms with Gasteiger partial charge in [-0.2, -0.15) is 0 Å². The summed E-state index contributed by atoms with van der Waals surface area (Å²) in [5, 5.41) is 0. The van der Waals surface area contributed by atoms with Crippen LogP contribution in [0.2, 0.25) is 0 Å². The molecular weight excluding hydrogens is 310 g/mol. The standard InChI is InChI=1S/C22H21NO2/c1-2-20(21-14-9-17-25-21)23(19-12-7-4-8-13-19)22(24)16-15-18-10-5-3-6-11-18/h3-17,20H,2H2,1H3/b16-15+. The SMILES string of the molecule is CCC(c1ccco1)N(C(=O)/C=C/c1ccccc1)c1ccccc1. The molecule has 3 rings (SSSR count). The molecule has 126 valence electrons. The average molecular weight is 331 g/mol. The molecule has 0 N–H and O–H groups in total. The van der Waals surface area contributed by atoms with Crippen molar-refractivity contribution in [1.29, 1.82) is 0 Å². The zero-order valence-electron chi connectivity index (χ0n) is 14.2. The van der Waals surface area contributed by atoms with Gasteiger partial charge in [0, 0.05) is 11.8 Å². The lowest BCUT2D eigenvalue weighted by Gasteiger charge is -2.29. The minimum Gasteiger partial charge on any atom is -0.467 e. The van der Waals surface area contributed by atoms with Crippen LogP contribution in [0.4, 0.5) is 5.69 Å². The highest BCUT2D eigenvalue weighted by Crippen LogP contribution is 2.30. The zero-order valence-corrected chi connectivity index (χ0v) is 14.2. The van der Waals surface area contributed by atoms with Crippen molar-refractivity contribution >= 4 is 17.7 Å². The Bertz CT molecular complexity index is 808. The lowest BCUT2D eigenvalue weighted by atomic mass is 10.1. The average Bonchev–Trinajstić information content (AvgIpc) is 3.20. The zero-order chi connectivity index (χ0) is 17.5. The Balaban J connectivity index is 1.93. The van der Waals surface area contributed by atoms with Crippen LogP contribution < -0.4 is 4.90 Å². The van der Waals surface area contributed by atoms with E-state index >= 15 is 0 Å². The third-order valence-corrected chi connectivity index (χ3v) is 4.06. The summed E-state index contributed by atoms with van der Waals surface area (Å²) in [6.07, 6.45) is 5.86. The van der Waals surface area contributed by atoms with E-state index in [0.717, 1.165) is 23.4 Å². The van der Waals surface area contributed by atoms with Crippen molar-refractivity contribution in [3.05, 3.63) is 96.5 Å². The van der Waals surface area contributed by atoms with Crippen LogP contribution in [0.1, 0.15) is 30.7 Å². The maximum atomic E-state index is 13.0. The molecule has 0 aliphatic heterocycles. The van der Waals surface area contributed by atoms with E-state index in [1.54, 1.807) is 17.2 Å². The van der Waals surface area contributed by atoms with Gasteiger partial charge >= 0.3 is 0 Å². The Kier molecular flexibility index (Phi) is 5.47. The van der Waals surface area contributed by atoms with Gasteiger partial charge in [-0.05, 0) is 42.3 Å². The van der Waals surface area contributed by atoms with Crippen molar-refractivity contribution in [2.24, 2.45) is 0 Å². The third kappa shape index (κ3) is 4.07. The summed E-state index contributed by atoms with van der Waals surface area (Å²) in [6.45, 7) is 2.05. The molecule has 0 saturated heterocycles. The van der Waals surface area contributed by atoms with Crippen LogP contribution in [0.5, 0.6) is 0 Å². The first kappa shape index (κ1) is 16.8. The molecule has 0 saturated carbocycles. The molecule has 1 unspecified atom stereocenters. The van der Waals surface area contributed by atoms with Gasteiger partial charge in [-0.25, -0.2) is 0 Å². The first-order valence-electron chi connectivity index (χ1n) is 8.44. The summed E-state index contributed by atoms with van der Waals surface area (Å²) >= 11 is 0. The fraction of sp³-hybridized carbons (Fsp3) is 0.136. The van der Waals surface area contributed by atoms with Crippen LogP contribution >= 0.6 is 0 Å². The molecule has 3 aromatic rings. The number of para-hydroxylation sites is 1. The van der Waals surface area contributed by atoms with Crippen molar-refractivity contribution in [3.63, 3.8) is 0 Å². The fourth-order valence-electron chi connectivity index (χ4n) is 2.85. The van der Waals surface area contributed by atoms with E-state index in [0.29, 0.717) is 0 Å². The summed E-state index contributed by atoms with van der Waals surface area (Å²) in [5.74, 6) is 0.714. The minimum atomic E-state index is -0.148. The molecule has 0 bridgehead atoms. The molecule has 1 heterocycles. The summed E-state index contributed by atoms with van der Waals surface area (Å²) in [4.78, 5) is 14.8. The number of furan rings is 1. The molecule has 3 heteroatoms. The second-order valence-corrected chi connectivity index (χ2v) is 5.73. The summed E-state index contributed by atoms with van der Waals surface area (Å²) in [7, 11) is 0. The smallest absolute Gasteiger partial charge is 0.251 e. The van der Waals surface area contributed by atoms with Gasteiger partial charge in [-0.15, -0.1) is 0 Å². The third-order valence-electron chi connectivity index (χ3n) is 4.06. The van der Waals surface area contributed by atoms with E-state index in [4.69, 9.17) is 4.42 Å². The van der Waals surface area contributed by atoms with Crippen molar-refractivity contribution in [1.82, 2.24) is 0 Å². The Labute approximate surface area is 148 Å². The molecule has 0 aliphatic carbocycles. The number of rotatable bonds is 6. The highest BCUT2D eigenvalue weighted by atomic mass is 16.3. The molecule has 3 nitrogen and oxygen atoms in total. The Hall–Kier alpha value is -3.07. The van der Waals surface area contributed by atoms with Gasteiger partial charge in [0.15, 0.2) is 0 Å². The van der Waals surface area contributed by atoms with Gasteiger partial charge in [0.2, 0.25) is 0 Å². The van der Waals surface area contributed by atoms with Crippen LogP contribution in [-0.4, -0.2) is 5.91 Å². The first-order chi connectivity index (χ1) is 12.3. The van der Waals surface area contributed by atoms with E-state index in [1.807, 2.05) is 78.9 Å². The van der Waals surface area contributed by atoms with Crippen LogP contribution in [-0.2, 0) is 4.79 Å². The van der Waals surface area contributed by atoms with E-state index in [9.17, 15) is 4.79 Å². The number of amides is 1. The van der Waals surface area contributed by atoms with Crippen molar-refractivity contribution in [2.45, 2.75) is 19.4 Å². The molecule has 0 radical (unpaired) electrons. The topological polar surface area (TPSA) is 33.5 Å². The number of anilines is 1. The second kappa shape index (κ2) is 8.15. The maximum Gasteiger partial charge on any atom is 0.251 e. The van der Waals surface area contributed by atoms with Gasteiger partial charge in [0.25, 0.3) is 5.91 Å². The number of carbonyl (C=O) groups is 1. The summed E-state index contributed by atoms with van der Waals surface area (Å²) in [5.41, 5.74) is 1.85. The van der Waals surface area contributed by atoms with Crippen LogP contribution in [0.3, 0.4) is 0 Å². The van der Waals surface area contributed by atoms with Crippen LogP contribution in [0.15, 0.2) is 89.6 Å². The number of hydrogen-bond donors (Lipinski definition) is 0. The Morgan fingerprint density at radius 2 is 1.68 bits per heavy atom. The monoisotopic (exact) mass is 331 g/mol. The lowest BCUT2D eigenvalue weighted by molar-refractivity contribution is -0.114. The van der Waals surface area contributed by atoms with Gasteiger partial charge in [0.05, 0.1) is 12.3 Å². The first-order valence-corrected chi connectivity index (χ1v) is 8.44. The van der Waals surface area contributed by atoms with E-state index in [2.05, 4.69) is 6.92 Å². The maximum absolute atomic E-state index is 13.0. The summed E-state index contributed by atoms with van der Waals surface area (Å²) in [6, 6.07) is 23.1. The van der Waals surface area contributed by atoms with Crippen LogP contribution in [0, 0.1) is 0 Å². The quantitative estimate of drug-likeness (QED) is 0.561. The molecule has 0 aliphatic rings. The highest BCUT2D eigenvalue weighted by Gasteiger charge is 2.25. The van der Waals surface area contributed by atoms with Crippen molar-refractivity contribution in [2.75, 3.05) is 4.90 Å². The molecule has 2 aromatic carbocycles. The Morgan fingerprint density at radius 3 is 2.28 bits per heavy atom. The lowest BCUT2D eigenvalue weighted by Crippen LogP contribution is -2.33. The second-order valence-electron chi connectivity index (χ2n) is 5.73. The van der Waals surface area contributed by atoms with E-state index in [-0.39, 0.29) is 11.9 Å². The van der Waals surface area contributed by atoms with Gasteiger partial charge in [-0.3, -0.25) is 9.69 Å². The molecule has 0 fully saturated rings. The molecule has 1 amide bonds. The molecular formula is C22H21NO2. The fourth-order valence-corrected chi connectivity index (χ4v) is 2.85. The molecule has 25 heavy (non-hydrogen) atoms. The number of carbonyl (C=O) groups excluding carboxylic acids is 1. The van der Waals surface area contributed by atoms with Gasteiger partial charge in [0.1, 0.15) is 5.76 Å². The minimum absolute atomic E-state index is 0.0710. The molecule has 1 aromatic heterocycles. The van der Waals surface area contributed by atoms with Crippen molar-refractivity contribution in [3.8, 4) is 0 Å². The number of nitrogens with zero attached hydrogens (tertiary/aromatic N) is 1.